The molecule has 3 nitrogen and oxygen atoms in total. The van der Waals surface area contributed by atoms with Crippen molar-refractivity contribution >= 4 is 0 Å². The molecule has 0 saturated heterocycles. The second-order valence-corrected chi connectivity index (χ2v) is 9.44. The Labute approximate surface area is 213 Å². The molecule has 4 aromatic carbocycles. The van der Waals surface area contributed by atoms with Crippen LogP contribution >= 0.6 is 0 Å². The molecule has 0 spiro atoms. The van der Waals surface area contributed by atoms with Crippen LogP contribution in [0.4, 0.5) is 0 Å². The summed E-state index contributed by atoms with van der Waals surface area (Å²) in [6.07, 6.45) is 0. The third kappa shape index (κ3) is 5.48. The predicted octanol–water partition coefficient (Wildman–Crippen LogP) is 1.94. The van der Waals surface area contributed by atoms with E-state index in [-0.39, 0.29) is 17.0 Å². The smallest absolute Gasteiger partial charge is 0.163 e. The average molecular weight is 518 g/mol. The van der Waals surface area contributed by atoms with E-state index < -0.39 is 11.2 Å². The van der Waals surface area contributed by atoms with Crippen molar-refractivity contribution in [3.63, 3.8) is 0 Å². The summed E-state index contributed by atoms with van der Waals surface area (Å²) in [5.74, 6) is 0. The SMILES string of the molecule is C[N+](C)(CC(O)(c1ccccc1)c1ccccc1)CC(O)(c1ccccc1)c1ccccc1.[Br-]. The molecular formula is C30H32BrNO2. The highest BCUT2D eigenvalue weighted by atomic mass is 79.9. The second kappa shape index (κ2) is 10.7. The summed E-state index contributed by atoms with van der Waals surface area (Å²) >= 11 is 0. The Morgan fingerprint density at radius 2 is 0.676 bits per heavy atom. The van der Waals surface area contributed by atoms with Gasteiger partial charge in [0.1, 0.15) is 13.1 Å². The van der Waals surface area contributed by atoms with Crippen LogP contribution in [0.1, 0.15) is 22.3 Å². The van der Waals surface area contributed by atoms with Crippen LogP contribution in [0, 0.1) is 0 Å². The fourth-order valence-electron chi connectivity index (χ4n) is 4.85. The number of hydrogen-bond donors (Lipinski definition) is 2. The summed E-state index contributed by atoms with van der Waals surface area (Å²) in [4.78, 5) is 0. The number of benzene rings is 4. The highest BCUT2D eigenvalue weighted by molar-refractivity contribution is 5.37. The molecule has 0 bridgehead atoms. The summed E-state index contributed by atoms with van der Waals surface area (Å²) in [6, 6.07) is 39.2. The Balaban J connectivity index is 0.00000324. The molecule has 4 rings (SSSR count). The molecule has 2 N–H and O–H groups in total. The van der Waals surface area contributed by atoms with Crippen LogP contribution in [-0.4, -0.2) is 41.9 Å². The molecule has 0 aliphatic heterocycles. The minimum absolute atomic E-state index is 0. The minimum Gasteiger partial charge on any atom is -1.00 e. The number of nitrogens with zero attached hydrogens (tertiary/aromatic N) is 1. The Kier molecular flexibility index (Phi) is 8.11. The molecule has 0 saturated carbocycles. The van der Waals surface area contributed by atoms with E-state index in [1.165, 1.54) is 0 Å². The van der Waals surface area contributed by atoms with E-state index in [0.717, 1.165) is 22.3 Å². The van der Waals surface area contributed by atoms with Gasteiger partial charge in [-0.15, -0.1) is 0 Å². The summed E-state index contributed by atoms with van der Waals surface area (Å²) < 4.78 is 0.389. The number of rotatable bonds is 8. The maximum Gasteiger partial charge on any atom is 0.163 e. The van der Waals surface area contributed by atoms with Gasteiger partial charge in [0.15, 0.2) is 11.2 Å². The molecule has 0 heterocycles. The van der Waals surface area contributed by atoms with Crippen LogP contribution < -0.4 is 17.0 Å². The van der Waals surface area contributed by atoms with Gasteiger partial charge in [0.05, 0.1) is 14.1 Å². The van der Waals surface area contributed by atoms with Crippen LogP contribution in [0.2, 0.25) is 0 Å². The van der Waals surface area contributed by atoms with Crippen LogP contribution in [0.15, 0.2) is 121 Å². The number of aliphatic hydroxyl groups is 2. The molecule has 176 valence electrons. The standard InChI is InChI=1S/C30H32NO2.BrH/c1-31(2,23-29(32,25-15-7-3-8-16-25)26-17-9-4-10-18-26)24-30(33,27-19-11-5-12-20-27)28-21-13-6-14-22-28;/h3-22,32-33H,23-24H2,1-2H3;1H/q+1;/p-1. The fraction of sp³-hybridized carbons (Fsp3) is 0.200. The van der Waals surface area contributed by atoms with Gasteiger partial charge in [-0.25, -0.2) is 0 Å². The van der Waals surface area contributed by atoms with Crippen molar-refractivity contribution < 1.29 is 31.7 Å². The lowest BCUT2D eigenvalue weighted by atomic mass is 9.82. The highest BCUT2D eigenvalue weighted by Crippen LogP contribution is 2.36. The average Bonchev–Trinajstić information content (AvgIpc) is 2.85. The first-order valence-corrected chi connectivity index (χ1v) is 11.3. The topological polar surface area (TPSA) is 40.5 Å². The first kappa shape index (κ1) is 25.9. The molecule has 0 unspecified atom stereocenters. The Morgan fingerprint density at radius 3 is 0.882 bits per heavy atom. The fourth-order valence-corrected chi connectivity index (χ4v) is 4.85. The van der Waals surface area contributed by atoms with Crippen molar-refractivity contribution in [1.29, 1.82) is 0 Å². The largest absolute Gasteiger partial charge is 1.00 e. The van der Waals surface area contributed by atoms with Crippen LogP contribution in [0.3, 0.4) is 0 Å². The number of likely N-dealkylation sites (N-methyl/N-ethyl adjacent to an activating group) is 1. The van der Waals surface area contributed by atoms with Gasteiger partial charge >= 0.3 is 0 Å². The molecule has 34 heavy (non-hydrogen) atoms. The van der Waals surface area contributed by atoms with E-state index in [0.29, 0.717) is 17.6 Å². The molecule has 0 amide bonds. The molecule has 0 fully saturated rings. The Bertz CT molecular complexity index is 978. The first-order chi connectivity index (χ1) is 15.8. The zero-order valence-electron chi connectivity index (χ0n) is 19.7. The molecule has 4 heteroatoms. The van der Waals surface area contributed by atoms with E-state index in [4.69, 9.17) is 0 Å². The molecule has 0 aliphatic rings. The van der Waals surface area contributed by atoms with Crippen LogP contribution in [-0.2, 0) is 11.2 Å². The van der Waals surface area contributed by atoms with E-state index in [2.05, 4.69) is 14.1 Å². The number of quaternary nitrogens is 1. The van der Waals surface area contributed by atoms with Gasteiger partial charge in [-0.05, 0) is 22.3 Å². The van der Waals surface area contributed by atoms with Gasteiger partial charge in [-0.1, -0.05) is 121 Å². The molecule has 0 aliphatic carbocycles. The monoisotopic (exact) mass is 517 g/mol. The quantitative estimate of drug-likeness (QED) is 0.350. The summed E-state index contributed by atoms with van der Waals surface area (Å²) in [5.41, 5.74) is 0.937. The molecule has 4 aromatic rings. The Hall–Kier alpha value is -2.76. The molecule has 0 aromatic heterocycles. The van der Waals surface area contributed by atoms with E-state index >= 15 is 0 Å². The van der Waals surface area contributed by atoms with Crippen LogP contribution in [0.25, 0.3) is 0 Å². The minimum atomic E-state index is -1.21. The maximum atomic E-state index is 12.1. The summed E-state index contributed by atoms with van der Waals surface area (Å²) in [5, 5.41) is 24.3. The maximum absolute atomic E-state index is 12.1. The van der Waals surface area contributed by atoms with E-state index in [1.807, 2.05) is 121 Å². The lowest BCUT2D eigenvalue weighted by Crippen LogP contribution is -3.00. The van der Waals surface area contributed by atoms with Crippen molar-refractivity contribution in [3.05, 3.63) is 144 Å². The van der Waals surface area contributed by atoms with Crippen molar-refractivity contribution in [2.75, 3.05) is 27.2 Å². The zero-order valence-corrected chi connectivity index (χ0v) is 21.3. The zero-order chi connectivity index (χ0) is 23.4. The molecule has 0 radical (unpaired) electrons. The predicted molar refractivity (Wildman–Crippen MR) is 134 cm³/mol. The van der Waals surface area contributed by atoms with Gasteiger partial charge in [-0.3, -0.25) is 0 Å². The number of halogens is 1. The van der Waals surface area contributed by atoms with Crippen molar-refractivity contribution in [1.82, 2.24) is 0 Å². The molecule has 0 atom stereocenters. The normalized spacial score (nSPS) is 12.1. The second-order valence-electron chi connectivity index (χ2n) is 9.44. The van der Waals surface area contributed by atoms with Gasteiger partial charge in [0.25, 0.3) is 0 Å². The third-order valence-electron chi connectivity index (χ3n) is 6.32. The van der Waals surface area contributed by atoms with Gasteiger partial charge in [-0.2, -0.15) is 0 Å². The molecular weight excluding hydrogens is 486 g/mol. The highest BCUT2D eigenvalue weighted by Gasteiger charge is 2.44. The van der Waals surface area contributed by atoms with Crippen molar-refractivity contribution in [2.24, 2.45) is 0 Å². The third-order valence-corrected chi connectivity index (χ3v) is 6.32. The van der Waals surface area contributed by atoms with Gasteiger partial charge in [0, 0.05) is 0 Å². The van der Waals surface area contributed by atoms with Gasteiger partial charge in [0.2, 0.25) is 0 Å². The van der Waals surface area contributed by atoms with Crippen molar-refractivity contribution in [2.45, 2.75) is 11.2 Å². The van der Waals surface area contributed by atoms with Gasteiger partial charge < -0.3 is 31.7 Å². The van der Waals surface area contributed by atoms with E-state index in [9.17, 15) is 10.2 Å². The lowest BCUT2D eigenvalue weighted by Gasteiger charge is -2.43. The van der Waals surface area contributed by atoms with Crippen LogP contribution in [0.5, 0.6) is 0 Å². The first-order valence-electron chi connectivity index (χ1n) is 11.3. The Morgan fingerprint density at radius 1 is 0.471 bits per heavy atom. The summed E-state index contributed by atoms with van der Waals surface area (Å²) in [6.45, 7) is 0.784. The van der Waals surface area contributed by atoms with Crippen molar-refractivity contribution in [3.8, 4) is 0 Å². The summed E-state index contributed by atoms with van der Waals surface area (Å²) in [7, 11) is 4.13. The van der Waals surface area contributed by atoms with E-state index in [1.54, 1.807) is 0 Å². The lowest BCUT2D eigenvalue weighted by molar-refractivity contribution is -0.903. The number of hydrogen-bond acceptors (Lipinski definition) is 2.